The number of carbonyl (C=O) groups is 3. The number of nitrogens with one attached hydrogen (secondary N) is 1. The third kappa shape index (κ3) is 8.68. The summed E-state index contributed by atoms with van der Waals surface area (Å²) in [5, 5.41) is 78.7. The fourth-order valence-electron chi connectivity index (χ4n) is 5.53. The van der Waals surface area contributed by atoms with E-state index in [2.05, 4.69) is 5.32 Å². The highest BCUT2D eigenvalue weighted by Gasteiger charge is 2.55. The lowest BCUT2D eigenvalue weighted by Gasteiger charge is -2.51. The lowest BCUT2D eigenvalue weighted by Crippen LogP contribution is -2.70. The number of aliphatic hydroxyl groups is 6. The molecule has 0 radical (unpaired) electrons. The normalized spacial score (nSPS) is 42.5. The zero-order valence-corrected chi connectivity index (χ0v) is 26.3. The number of ether oxygens (including phenoxy) is 6. The zero-order chi connectivity index (χ0) is 33.3. The van der Waals surface area contributed by atoms with Gasteiger partial charge in [0.05, 0.1) is 24.8 Å². The molecule has 0 aromatic heterocycles. The Hall–Kier alpha value is -2.00. The predicted octanol–water partition coefficient (Wildman–Crippen LogP) is -4.49. The second-order valence-electron chi connectivity index (χ2n) is 12.5. The summed E-state index contributed by atoms with van der Waals surface area (Å²) in [6.07, 6.45) is -23.3. The van der Waals surface area contributed by atoms with Gasteiger partial charge in [-0.15, -0.1) is 0 Å². The van der Waals surface area contributed by atoms with Crippen molar-refractivity contribution >= 4 is 18.2 Å². The van der Waals surface area contributed by atoms with Crippen molar-refractivity contribution in [2.24, 2.45) is 5.41 Å². The molecule has 1 amide bonds. The molecule has 3 heterocycles. The number of carboxylic acids is 1. The van der Waals surface area contributed by atoms with E-state index < -0.39 is 122 Å². The number of aliphatic carboxylic acids is 1. The Morgan fingerprint density at radius 2 is 1.47 bits per heavy atom. The molecule has 3 fully saturated rings. The van der Waals surface area contributed by atoms with Crippen molar-refractivity contribution in [1.29, 1.82) is 0 Å². The van der Waals surface area contributed by atoms with Gasteiger partial charge in [0.25, 0.3) is 0 Å². The SMILES string of the molecule is CC(=O)NC1C(OC2C(C(=O)[O-])OC(C(C)(C)C)C(O)C2O)OC(CO)C(O)C1OC1OC(C=O)C(OC(C)C)C(O)C1O.[CH3+]. The average Bonchev–Trinajstić information content (AvgIpc) is 2.92. The van der Waals surface area contributed by atoms with E-state index in [4.69, 9.17) is 28.4 Å². The second kappa shape index (κ2) is 15.7. The molecule has 0 aliphatic carbocycles. The van der Waals surface area contributed by atoms with Crippen molar-refractivity contribution in [3.05, 3.63) is 7.43 Å². The maximum atomic E-state index is 12.2. The number of hydrogen-bond acceptors (Lipinski definition) is 16. The Balaban J connectivity index is 0.00000705. The molecule has 3 aliphatic heterocycles. The van der Waals surface area contributed by atoms with Crippen molar-refractivity contribution in [3.8, 4) is 0 Å². The number of amides is 1. The highest BCUT2D eigenvalue weighted by molar-refractivity contribution is 5.73. The number of hydrogen-bond donors (Lipinski definition) is 7. The minimum Gasteiger partial charge on any atom is -0.547 e. The summed E-state index contributed by atoms with van der Waals surface area (Å²) in [7, 11) is 0. The fourth-order valence-corrected chi connectivity index (χ4v) is 5.53. The molecule has 15 unspecified atom stereocenters. The second-order valence-corrected chi connectivity index (χ2v) is 12.5. The Labute approximate surface area is 261 Å². The molecular weight excluding hydrogens is 606 g/mol. The minimum absolute atomic E-state index is 0. The monoisotopic (exact) mass is 653 g/mol. The smallest absolute Gasteiger partial charge is 0.217 e. The van der Waals surface area contributed by atoms with Crippen molar-refractivity contribution in [3.63, 3.8) is 0 Å². The molecule has 0 aromatic carbocycles. The molecule has 15 atom stereocenters. The van der Waals surface area contributed by atoms with E-state index in [0.29, 0.717) is 6.29 Å². The molecule has 7 N–H and O–H groups in total. The van der Waals surface area contributed by atoms with Crippen LogP contribution >= 0.6 is 0 Å². The Morgan fingerprint density at radius 3 is 1.96 bits per heavy atom. The molecule has 17 heteroatoms. The number of aliphatic hydroxyl groups excluding tert-OH is 6. The summed E-state index contributed by atoms with van der Waals surface area (Å²) in [6, 6.07) is -1.55. The summed E-state index contributed by atoms with van der Waals surface area (Å²) < 4.78 is 33.9. The molecule has 0 bridgehead atoms. The first-order valence-electron chi connectivity index (χ1n) is 14.3. The van der Waals surface area contributed by atoms with Gasteiger partial charge in [-0.05, 0) is 19.3 Å². The molecule has 0 aromatic rings. The molecule has 3 saturated heterocycles. The number of carboxylic acid groups (broad SMARTS) is 1. The van der Waals surface area contributed by atoms with E-state index >= 15 is 0 Å². The highest BCUT2D eigenvalue weighted by Crippen LogP contribution is 2.36. The number of carbonyl (C=O) groups excluding carboxylic acids is 3. The molecular formula is C28H47NO16. The molecule has 3 rings (SSSR count). The topological polar surface area (TPSA) is 263 Å². The van der Waals surface area contributed by atoms with Crippen molar-refractivity contribution in [2.45, 2.75) is 140 Å². The van der Waals surface area contributed by atoms with Crippen LogP contribution in [0.2, 0.25) is 0 Å². The molecule has 3 aliphatic rings. The van der Waals surface area contributed by atoms with Gasteiger partial charge < -0.3 is 79.1 Å². The largest absolute Gasteiger partial charge is 0.547 e. The summed E-state index contributed by atoms with van der Waals surface area (Å²) in [6.45, 7) is 8.46. The lowest BCUT2D eigenvalue weighted by molar-refractivity contribution is -0.366. The maximum Gasteiger partial charge on any atom is 0.217 e. The van der Waals surface area contributed by atoms with Crippen LogP contribution in [0.1, 0.15) is 41.5 Å². The standard InChI is InChI=1S/C27H45NO16.CH3/c1-9(2)39-19-12(8-30)41-26(18(36)16(19)34)43-20-13(28-10(3)31)25(40-11(7-29)14(20)32)44-21-15(33)17(35)23(27(4,5)6)42-22(21)24(37)38;/h8-9,11-23,25-26,29,32-36H,7H2,1-6H3,(H,28,31)(H,37,38);1H3/q;+1/p-1. The summed E-state index contributed by atoms with van der Waals surface area (Å²) in [5.74, 6) is -2.51. The highest BCUT2D eigenvalue weighted by atomic mass is 16.7. The summed E-state index contributed by atoms with van der Waals surface area (Å²) in [5.41, 5.74) is -0.825. The third-order valence-corrected chi connectivity index (χ3v) is 7.62. The van der Waals surface area contributed by atoms with Gasteiger partial charge in [-0.3, -0.25) is 4.79 Å². The van der Waals surface area contributed by atoms with Crippen molar-refractivity contribution in [1.82, 2.24) is 5.32 Å². The van der Waals surface area contributed by atoms with Crippen LogP contribution in [0, 0.1) is 12.8 Å². The van der Waals surface area contributed by atoms with Crippen LogP contribution in [-0.2, 0) is 42.8 Å². The summed E-state index contributed by atoms with van der Waals surface area (Å²) >= 11 is 0. The van der Waals surface area contributed by atoms with E-state index in [9.17, 15) is 50.1 Å². The minimum atomic E-state index is -1.94. The van der Waals surface area contributed by atoms with Crippen LogP contribution < -0.4 is 10.4 Å². The Kier molecular flexibility index (Phi) is 13.7. The quantitative estimate of drug-likeness (QED) is 0.0865. The van der Waals surface area contributed by atoms with Crippen LogP contribution in [0.3, 0.4) is 0 Å². The van der Waals surface area contributed by atoms with Gasteiger partial charge in [-0.1, -0.05) is 20.8 Å². The van der Waals surface area contributed by atoms with E-state index in [1.54, 1.807) is 34.6 Å². The molecule has 0 saturated carbocycles. The van der Waals surface area contributed by atoms with Crippen LogP contribution in [0.4, 0.5) is 0 Å². The Morgan fingerprint density at radius 1 is 0.889 bits per heavy atom. The van der Waals surface area contributed by atoms with Gasteiger partial charge in [0.1, 0.15) is 73.2 Å². The first-order chi connectivity index (χ1) is 20.4. The molecule has 45 heavy (non-hydrogen) atoms. The average molecular weight is 654 g/mol. The van der Waals surface area contributed by atoms with E-state index in [1.165, 1.54) is 0 Å². The van der Waals surface area contributed by atoms with Gasteiger partial charge in [-0.2, -0.15) is 0 Å². The maximum absolute atomic E-state index is 12.2. The Bertz CT molecular complexity index is 992. The van der Waals surface area contributed by atoms with E-state index in [0.717, 1.165) is 6.92 Å². The van der Waals surface area contributed by atoms with Crippen LogP contribution in [0.5, 0.6) is 0 Å². The van der Waals surface area contributed by atoms with Gasteiger partial charge in [-0.25, -0.2) is 0 Å². The lowest BCUT2D eigenvalue weighted by atomic mass is 9.80. The number of rotatable bonds is 10. The first-order valence-corrected chi connectivity index (χ1v) is 14.3. The van der Waals surface area contributed by atoms with Crippen LogP contribution in [-0.4, -0.2) is 153 Å². The molecule has 0 spiro atoms. The van der Waals surface area contributed by atoms with Crippen LogP contribution in [0.15, 0.2) is 0 Å². The molecule has 17 nitrogen and oxygen atoms in total. The third-order valence-electron chi connectivity index (χ3n) is 7.62. The van der Waals surface area contributed by atoms with Gasteiger partial charge in [0.2, 0.25) is 5.91 Å². The predicted molar refractivity (Wildman–Crippen MR) is 147 cm³/mol. The van der Waals surface area contributed by atoms with E-state index in [-0.39, 0.29) is 7.43 Å². The molecule has 260 valence electrons. The van der Waals surface area contributed by atoms with E-state index in [1.807, 2.05) is 0 Å². The fraction of sp³-hybridized carbons (Fsp3) is 0.857. The van der Waals surface area contributed by atoms with Gasteiger partial charge >= 0.3 is 0 Å². The van der Waals surface area contributed by atoms with Gasteiger partial charge in [0, 0.05) is 14.4 Å². The van der Waals surface area contributed by atoms with Crippen LogP contribution in [0.25, 0.3) is 0 Å². The van der Waals surface area contributed by atoms with Crippen molar-refractivity contribution < 1.29 is 78.6 Å². The summed E-state index contributed by atoms with van der Waals surface area (Å²) in [4.78, 5) is 36.1. The van der Waals surface area contributed by atoms with Gasteiger partial charge in [0.15, 0.2) is 18.9 Å². The first kappa shape index (κ1) is 39.2. The van der Waals surface area contributed by atoms with Crippen molar-refractivity contribution in [2.75, 3.05) is 6.61 Å². The zero-order valence-electron chi connectivity index (χ0n) is 26.3. The number of aldehydes is 1.